The van der Waals surface area contributed by atoms with E-state index >= 15 is 0 Å². The summed E-state index contributed by atoms with van der Waals surface area (Å²) in [6.45, 7) is 2.09. The summed E-state index contributed by atoms with van der Waals surface area (Å²) in [6, 6.07) is 16.5. The minimum Gasteiger partial charge on any atom is -0.396 e. The van der Waals surface area contributed by atoms with Gasteiger partial charge >= 0.3 is 0 Å². The van der Waals surface area contributed by atoms with Gasteiger partial charge in [-0.1, -0.05) is 67.4 Å². The Hall–Kier alpha value is -2.37. The number of thioether (sulfide) groups is 1. The van der Waals surface area contributed by atoms with Gasteiger partial charge in [-0.3, -0.25) is 9.36 Å². The second-order valence-corrected chi connectivity index (χ2v) is 9.91. The highest BCUT2D eigenvalue weighted by Crippen LogP contribution is 2.49. The van der Waals surface area contributed by atoms with Crippen LogP contribution in [0.15, 0.2) is 58.5 Å². The van der Waals surface area contributed by atoms with Crippen LogP contribution in [0.4, 0.5) is 0 Å². The normalized spacial score (nSPS) is 16.7. The van der Waals surface area contributed by atoms with Gasteiger partial charge in [0.2, 0.25) is 0 Å². The Morgan fingerprint density at radius 1 is 1.10 bits per heavy atom. The highest BCUT2D eigenvalue weighted by Gasteiger charge is 2.43. The van der Waals surface area contributed by atoms with Crippen LogP contribution in [0.25, 0.3) is 16.9 Å². The predicted octanol–water partition coefficient (Wildman–Crippen LogP) is 5.05. The van der Waals surface area contributed by atoms with Crippen LogP contribution in [0.2, 0.25) is 0 Å². The van der Waals surface area contributed by atoms with Crippen molar-refractivity contribution in [2.45, 2.75) is 56.0 Å². The van der Waals surface area contributed by atoms with Crippen molar-refractivity contribution in [1.29, 1.82) is 0 Å². The highest BCUT2D eigenvalue weighted by atomic mass is 32.2. The molecule has 1 N–H and O–H groups in total. The van der Waals surface area contributed by atoms with Crippen molar-refractivity contribution in [2.24, 2.45) is 0 Å². The fraction of sp³-hybridized carbons (Fsp3) is 0.385. The van der Waals surface area contributed by atoms with Gasteiger partial charge in [0.1, 0.15) is 0 Å². The minimum atomic E-state index is -0.127. The van der Waals surface area contributed by atoms with E-state index in [-0.39, 0.29) is 17.6 Å². The molecule has 2 aliphatic rings. The molecule has 1 fully saturated rings. The van der Waals surface area contributed by atoms with E-state index in [0.717, 1.165) is 60.2 Å². The van der Waals surface area contributed by atoms with E-state index in [1.165, 1.54) is 23.7 Å². The Balaban J connectivity index is 1.83. The second kappa shape index (κ2) is 8.29. The summed E-state index contributed by atoms with van der Waals surface area (Å²) in [6.07, 6.45) is 6.57. The van der Waals surface area contributed by atoms with Crippen LogP contribution >= 0.6 is 11.8 Å². The average molecular weight is 433 g/mol. The third-order valence-electron chi connectivity index (χ3n) is 6.78. The van der Waals surface area contributed by atoms with Crippen molar-refractivity contribution in [1.82, 2.24) is 9.55 Å². The summed E-state index contributed by atoms with van der Waals surface area (Å²) in [5, 5.41) is 10.1. The molecule has 0 aliphatic heterocycles. The average Bonchev–Trinajstić information content (AvgIpc) is 2.78. The number of nitrogens with zero attached hydrogens (tertiary/aromatic N) is 2. The number of rotatable bonds is 4. The van der Waals surface area contributed by atoms with E-state index in [2.05, 4.69) is 18.2 Å². The molecule has 31 heavy (non-hydrogen) atoms. The molecule has 4 nitrogen and oxygen atoms in total. The van der Waals surface area contributed by atoms with Gasteiger partial charge in [0.05, 0.1) is 23.6 Å². The molecule has 5 rings (SSSR count). The van der Waals surface area contributed by atoms with Gasteiger partial charge in [0, 0.05) is 16.7 Å². The Bertz CT molecular complexity index is 1180. The molecule has 1 saturated carbocycles. The van der Waals surface area contributed by atoms with Gasteiger partial charge in [0.25, 0.3) is 5.56 Å². The van der Waals surface area contributed by atoms with Crippen LogP contribution in [-0.4, -0.2) is 27.0 Å². The van der Waals surface area contributed by atoms with E-state index in [4.69, 9.17) is 4.98 Å². The van der Waals surface area contributed by atoms with E-state index in [1.807, 2.05) is 37.3 Å². The van der Waals surface area contributed by atoms with Crippen molar-refractivity contribution in [2.75, 3.05) is 12.4 Å². The number of aliphatic hydroxyl groups excluding tert-OH is 1. The van der Waals surface area contributed by atoms with Crippen LogP contribution in [-0.2, 0) is 11.8 Å². The molecule has 3 aromatic rings. The lowest BCUT2D eigenvalue weighted by Crippen LogP contribution is -2.42. The fourth-order valence-electron chi connectivity index (χ4n) is 5.42. The van der Waals surface area contributed by atoms with Crippen molar-refractivity contribution in [3.05, 3.63) is 75.6 Å². The molecule has 2 aliphatic carbocycles. The lowest BCUT2D eigenvalue weighted by atomic mass is 9.62. The van der Waals surface area contributed by atoms with Crippen LogP contribution < -0.4 is 5.56 Å². The van der Waals surface area contributed by atoms with Crippen LogP contribution in [0.3, 0.4) is 0 Å². The van der Waals surface area contributed by atoms with E-state index in [0.29, 0.717) is 10.9 Å². The molecule has 5 heteroatoms. The highest BCUT2D eigenvalue weighted by molar-refractivity contribution is 7.99. The third-order valence-corrected chi connectivity index (χ3v) is 7.70. The van der Waals surface area contributed by atoms with Crippen molar-refractivity contribution in [3.63, 3.8) is 0 Å². The maximum Gasteiger partial charge on any atom is 0.263 e. The van der Waals surface area contributed by atoms with Gasteiger partial charge in [-0.05, 0) is 49.4 Å². The molecule has 0 amide bonds. The zero-order valence-corrected chi connectivity index (χ0v) is 18.8. The molecule has 1 spiro atoms. The molecule has 0 atom stereocenters. The molecule has 160 valence electrons. The Morgan fingerprint density at radius 2 is 1.90 bits per heavy atom. The van der Waals surface area contributed by atoms with Gasteiger partial charge in [0.15, 0.2) is 5.16 Å². The zero-order chi connectivity index (χ0) is 21.4. The summed E-state index contributed by atoms with van der Waals surface area (Å²) < 4.78 is 1.79. The summed E-state index contributed by atoms with van der Waals surface area (Å²) in [4.78, 5) is 19.4. The molecule has 1 aromatic heterocycles. The summed E-state index contributed by atoms with van der Waals surface area (Å²) in [5.41, 5.74) is 6.05. The number of hydrogen-bond acceptors (Lipinski definition) is 4. The number of aromatic nitrogens is 2. The summed E-state index contributed by atoms with van der Waals surface area (Å²) >= 11 is 1.45. The molecule has 0 unspecified atom stereocenters. The fourth-order valence-corrected chi connectivity index (χ4v) is 6.16. The lowest BCUT2D eigenvalue weighted by molar-refractivity contribution is 0.283. The standard InChI is InChI=1S/C26H28N2O2S/c1-18-8-7-10-20(16-18)28-24(30)22-23(27-25(28)31-15-14-29)21-11-4-3-9-19(21)17-26(22)12-5-2-6-13-26/h3-4,7-11,16,29H,2,5-6,12-15,17H2,1H3. The maximum atomic E-state index is 14.2. The Labute approximate surface area is 187 Å². The van der Waals surface area contributed by atoms with Crippen LogP contribution in [0.1, 0.15) is 48.8 Å². The second-order valence-electron chi connectivity index (χ2n) is 8.84. The molecule has 0 saturated heterocycles. The van der Waals surface area contributed by atoms with Crippen molar-refractivity contribution >= 4 is 11.8 Å². The van der Waals surface area contributed by atoms with Gasteiger partial charge in [-0.15, -0.1) is 0 Å². The summed E-state index contributed by atoms with van der Waals surface area (Å²) in [5.74, 6) is 0.504. The minimum absolute atomic E-state index is 0.0476. The Morgan fingerprint density at radius 3 is 2.68 bits per heavy atom. The largest absolute Gasteiger partial charge is 0.396 e. The van der Waals surface area contributed by atoms with Crippen molar-refractivity contribution in [3.8, 4) is 16.9 Å². The first-order valence-corrected chi connectivity index (χ1v) is 12.2. The number of benzene rings is 2. The topological polar surface area (TPSA) is 55.1 Å². The number of aliphatic hydroxyl groups is 1. The third kappa shape index (κ3) is 3.54. The van der Waals surface area contributed by atoms with Gasteiger partial charge < -0.3 is 5.11 Å². The van der Waals surface area contributed by atoms with E-state index in [1.54, 1.807) is 4.57 Å². The van der Waals surface area contributed by atoms with Gasteiger partial charge in [-0.25, -0.2) is 4.98 Å². The first kappa shape index (κ1) is 20.5. The summed E-state index contributed by atoms with van der Waals surface area (Å²) in [7, 11) is 0. The first-order valence-electron chi connectivity index (χ1n) is 11.2. The SMILES string of the molecule is Cc1cccc(-n2c(SCCO)nc3c(c2=O)C2(CCCCC2)Cc2ccccc2-3)c1. The monoisotopic (exact) mass is 432 g/mol. The van der Waals surface area contributed by atoms with Crippen molar-refractivity contribution < 1.29 is 5.11 Å². The molecule has 2 aromatic carbocycles. The molecule has 0 bridgehead atoms. The molecule has 1 heterocycles. The molecular weight excluding hydrogens is 404 g/mol. The van der Waals surface area contributed by atoms with E-state index < -0.39 is 0 Å². The quantitative estimate of drug-likeness (QED) is 0.463. The first-order chi connectivity index (χ1) is 15.1. The number of hydrogen-bond donors (Lipinski definition) is 1. The number of fused-ring (bicyclic) bond motifs is 4. The molecule has 0 radical (unpaired) electrons. The number of aryl methyl sites for hydroxylation is 1. The zero-order valence-electron chi connectivity index (χ0n) is 17.9. The van der Waals surface area contributed by atoms with Gasteiger partial charge in [-0.2, -0.15) is 0 Å². The predicted molar refractivity (Wildman–Crippen MR) is 126 cm³/mol. The van der Waals surface area contributed by atoms with Crippen LogP contribution in [0.5, 0.6) is 0 Å². The lowest BCUT2D eigenvalue weighted by Gasteiger charge is -2.42. The maximum absolute atomic E-state index is 14.2. The van der Waals surface area contributed by atoms with Crippen LogP contribution in [0, 0.1) is 6.92 Å². The molecular formula is C26H28N2O2S. The smallest absolute Gasteiger partial charge is 0.263 e. The van der Waals surface area contributed by atoms with E-state index in [9.17, 15) is 9.90 Å². The Kier molecular flexibility index (Phi) is 5.49.